The molecule has 1 heterocycles. The minimum absolute atomic E-state index is 0.0888. The largest absolute Gasteiger partial charge is 0.478 e. The van der Waals surface area contributed by atoms with Crippen LogP contribution in [0, 0.1) is 6.92 Å². The predicted octanol–water partition coefficient (Wildman–Crippen LogP) is 1.93. The quantitative estimate of drug-likeness (QED) is 0.792. The van der Waals surface area contributed by atoms with Gasteiger partial charge >= 0.3 is 5.97 Å². The Labute approximate surface area is 101 Å². The average molecular weight is 238 g/mol. The van der Waals surface area contributed by atoms with Gasteiger partial charge in [0.2, 0.25) is 0 Å². The van der Waals surface area contributed by atoms with Gasteiger partial charge in [0.05, 0.1) is 12.2 Å². The summed E-state index contributed by atoms with van der Waals surface area (Å²) in [6.45, 7) is 6.88. The van der Waals surface area contributed by atoms with Crippen LogP contribution in [0.2, 0.25) is 0 Å². The third-order valence-corrected chi connectivity index (χ3v) is 2.17. The first kappa shape index (κ1) is 13.4. The van der Waals surface area contributed by atoms with Gasteiger partial charge in [-0.25, -0.2) is 9.78 Å². The fourth-order valence-electron chi connectivity index (χ4n) is 1.45. The zero-order valence-electron chi connectivity index (χ0n) is 10.4. The molecule has 0 radical (unpaired) electrons. The molecule has 0 spiro atoms. The van der Waals surface area contributed by atoms with Gasteiger partial charge < -0.3 is 15.2 Å². The smallest absolute Gasteiger partial charge is 0.335 e. The monoisotopic (exact) mass is 238 g/mol. The van der Waals surface area contributed by atoms with Gasteiger partial charge in [0.15, 0.2) is 0 Å². The second-order valence-electron chi connectivity index (χ2n) is 3.89. The Hall–Kier alpha value is -1.62. The van der Waals surface area contributed by atoms with Crippen LogP contribution in [-0.2, 0) is 4.74 Å². The van der Waals surface area contributed by atoms with Crippen molar-refractivity contribution in [3.05, 3.63) is 23.4 Å². The number of nitrogens with one attached hydrogen (secondary N) is 1. The number of nitrogens with zero attached hydrogens (tertiary/aromatic N) is 1. The van der Waals surface area contributed by atoms with E-state index in [1.165, 1.54) is 6.07 Å². The van der Waals surface area contributed by atoms with Crippen LogP contribution in [0.4, 0.5) is 5.82 Å². The highest BCUT2D eigenvalue weighted by Crippen LogP contribution is 2.11. The van der Waals surface area contributed by atoms with Gasteiger partial charge in [-0.3, -0.25) is 0 Å². The third-order valence-electron chi connectivity index (χ3n) is 2.17. The van der Waals surface area contributed by atoms with Gasteiger partial charge in [-0.15, -0.1) is 0 Å². The lowest BCUT2D eigenvalue weighted by molar-refractivity contribution is 0.0696. The van der Waals surface area contributed by atoms with Crippen LogP contribution < -0.4 is 5.32 Å². The second-order valence-corrected chi connectivity index (χ2v) is 3.89. The molecule has 2 N–H and O–H groups in total. The molecule has 0 fully saturated rings. The van der Waals surface area contributed by atoms with Gasteiger partial charge in [0.1, 0.15) is 5.82 Å². The van der Waals surface area contributed by atoms with E-state index in [2.05, 4.69) is 10.3 Å². The number of hydrogen-bond donors (Lipinski definition) is 2. The van der Waals surface area contributed by atoms with Gasteiger partial charge in [0, 0.05) is 18.3 Å². The minimum Gasteiger partial charge on any atom is -0.478 e. The van der Waals surface area contributed by atoms with Crippen LogP contribution in [0.3, 0.4) is 0 Å². The number of aromatic carboxylic acids is 1. The molecule has 1 atom stereocenters. The molecule has 0 saturated heterocycles. The summed E-state index contributed by atoms with van der Waals surface area (Å²) in [4.78, 5) is 15.1. The number of anilines is 1. The number of rotatable bonds is 6. The van der Waals surface area contributed by atoms with E-state index in [1.54, 1.807) is 13.0 Å². The summed E-state index contributed by atoms with van der Waals surface area (Å²) in [6, 6.07) is 3.16. The van der Waals surface area contributed by atoms with Crippen LogP contribution in [0.15, 0.2) is 12.1 Å². The molecule has 17 heavy (non-hydrogen) atoms. The van der Waals surface area contributed by atoms with Crippen molar-refractivity contribution in [3.63, 3.8) is 0 Å². The Kier molecular flexibility index (Phi) is 4.90. The highest BCUT2D eigenvalue weighted by atomic mass is 16.5. The van der Waals surface area contributed by atoms with Crippen molar-refractivity contribution in [2.45, 2.75) is 26.8 Å². The van der Waals surface area contributed by atoms with E-state index in [4.69, 9.17) is 9.84 Å². The molecule has 5 heteroatoms. The summed E-state index contributed by atoms with van der Waals surface area (Å²) in [5, 5.41) is 12.0. The summed E-state index contributed by atoms with van der Waals surface area (Å²) in [7, 11) is 0. The molecule has 0 aromatic carbocycles. The Balaban J connectivity index is 2.73. The van der Waals surface area contributed by atoms with Crippen molar-refractivity contribution in [3.8, 4) is 0 Å². The van der Waals surface area contributed by atoms with E-state index in [-0.39, 0.29) is 11.6 Å². The first-order valence-corrected chi connectivity index (χ1v) is 5.59. The molecule has 94 valence electrons. The van der Waals surface area contributed by atoms with E-state index >= 15 is 0 Å². The van der Waals surface area contributed by atoms with Crippen molar-refractivity contribution in [1.82, 2.24) is 4.98 Å². The van der Waals surface area contributed by atoms with Crippen molar-refractivity contribution in [2.24, 2.45) is 0 Å². The molecule has 0 bridgehead atoms. The van der Waals surface area contributed by atoms with Gasteiger partial charge in [0.25, 0.3) is 0 Å². The molecule has 1 unspecified atom stereocenters. The van der Waals surface area contributed by atoms with E-state index in [0.29, 0.717) is 24.7 Å². The normalized spacial score (nSPS) is 12.2. The SMILES string of the molecule is CCOCC(C)Nc1cc(C(=O)O)cc(C)n1. The van der Waals surface area contributed by atoms with E-state index in [9.17, 15) is 4.79 Å². The van der Waals surface area contributed by atoms with Gasteiger partial charge in [-0.1, -0.05) is 0 Å². The maximum Gasteiger partial charge on any atom is 0.335 e. The summed E-state index contributed by atoms with van der Waals surface area (Å²) in [5.74, 6) is -0.384. The summed E-state index contributed by atoms with van der Waals surface area (Å²) >= 11 is 0. The summed E-state index contributed by atoms with van der Waals surface area (Å²) in [5.41, 5.74) is 0.916. The van der Waals surface area contributed by atoms with Gasteiger partial charge in [-0.2, -0.15) is 0 Å². The number of carboxylic acid groups (broad SMARTS) is 1. The molecule has 0 aliphatic rings. The van der Waals surface area contributed by atoms with Crippen LogP contribution in [0.1, 0.15) is 29.9 Å². The standard InChI is InChI=1S/C12H18N2O3/c1-4-17-7-9(3)14-11-6-10(12(15)16)5-8(2)13-11/h5-6,9H,4,7H2,1-3H3,(H,13,14)(H,15,16). The molecular weight excluding hydrogens is 220 g/mol. The third kappa shape index (κ3) is 4.40. The molecule has 0 saturated carbocycles. The number of aryl methyl sites for hydroxylation is 1. The van der Waals surface area contributed by atoms with Crippen LogP contribution in [0.25, 0.3) is 0 Å². The zero-order valence-corrected chi connectivity index (χ0v) is 10.4. The number of hydrogen-bond acceptors (Lipinski definition) is 4. The molecule has 1 rings (SSSR count). The Morgan fingerprint density at radius 2 is 2.29 bits per heavy atom. The first-order valence-electron chi connectivity index (χ1n) is 5.59. The number of ether oxygens (including phenoxy) is 1. The highest BCUT2D eigenvalue weighted by Gasteiger charge is 2.08. The molecule has 5 nitrogen and oxygen atoms in total. The average Bonchev–Trinajstić information content (AvgIpc) is 2.25. The molecule has 1 aromatic rings. The van der Waals surface area contributed by atoms with Crippen LogP contribution in [-0.4, -0.2) is 35.3 Å². The summed E-state index contributed by atoms with van der Waals surface area (Å²) in [6.07, 6.45) is 0. The fourth-order valence-corrected chi connectivity index (χ4v) is 1.45. The van der Waals surface area contributed by atoms with Gasteiger partial charge in [-0.05, 0) is 32.9 Å². The highest BCUT2D eigenvalue weighted by molar-refractivity contribution is 5.88. The molecular formula is C12H18N2O3. The van der Waals surface area contributed by atoms with Crippen molar-refractivity contribution in [2.75, 3.05) is 18.5 Å². The maximum atomic E-state index is 10.9. The van der Waals surface area contributed by atoms with Crippen molar-refractivity contribution >= 4 is 11.8 Å². The van der Waals surface area contributed by atoms with Crippen molar-refractivity contribution < 1.29 is 14.6 Å². The lowest BCUT2D eigenvalue weighted by Gasteiger charge is -2.15. The Morgan fingerprint density at radius 3 is 2.88 bits per heavy atom. The molecule has 0 aliphatic heterocycles. The zero-order chi connectivity index (χ0) is 12.8. The van der Waals surface area contributed by atoms with E-state index in [1.807, 2.05) is 13.8 Å². The van der Waals surface area contributed by atoms with E-state index in [0.717, 1.165) is 0 Å². The van der Waals surface area contributed by atoms with Crippen LogP contribution in [0.5, 0.6) is 0 Å². The number of carbonyl (C=O) groups is 1. The molecule has 0 aliphatic carbocycles. The van der Waals surface area contributed by atoms with Crippen LogP contribution >= 0.6 is 0 Å². The first-order chi connectivity index (χ1) is 8.02. The number of carboxylic acids is 1. The topological polar surface area (TPSA) is 71.5 Å². The van der Waals surface area contributed by atoms with E-state index < -0.39 is 5.97 Å². The second kappa shape index (κ2) is 6.20. The predicted molar refractivity (Wildman–Crippen MR) is 65.5 cm³/mol. The maximum absolute atomic E-state index is 10.9. The summed E-state index contributed by atoms with van der Waals surface area (Å²) < 4.78 is 5.27. The number of pyridine rings is 1. The Bertz CT molecular complexity index is 393. The molecule has 0 amide bonds. The fraction of sp³-hybridized carbons (Fsp3) is 0.500. The lowest BCUT2D eigenvalue weighted by atomic mass is 10.2. The van der Waals surface area contributed by atoms with Crippen molar-refractivity contribution in [1.29, 1.82) is 0 Å². The Morgan fingerprint density at radius 1 is 1.59 bits per heavy atom. The number of aromatic nitrogens is 1. The lowest BCUT2D eigenvalue weighted by Crippen LogP contribution is -2.22. The minimum atomic E-state index is -0.948. The molecule has 1 aromatic heterocycles.